The Morgan fingerprint density at radius 1 is 1.12 bits per heavy atom. The summed E-state index contributed by atoms with van der Waals surface area (Å²) in [6.07, 6.45) is 7.25. The molecule has 98 valence electrons. The first-order valence-corrected chi connectivity index (χ1v) is 7.10. The number of hydrogen-bond donors (Lipinski definition) is 0. The third kappa shape index (κ3) is 4.49. The van der Waals surface area contributed by atoms with Crippen LogP contribution in [0.5, 0.6) is 0 Å². The van der Waals surface area contributed by atoms with Crippen molar-refractivity contribution in [3.63, 3.8) is 0 Å². The molecule has 1 heterocycles. The van der Waals surface area contributed by atoms with E-state index < -0.39 is 0 Å². The second-order valence-electron chi connectivity index (χ2n) is 5.22. The van der Waals surface area contributed by atoms with Crippen molar-refractivity contribution in [2.24, 2.45) is 5.92 Å². The zero-order chi connectivity index (χ0) is 12.7. The Morgan fingerprint density at radius 3 is 2.47 bits per heavy atom. The van der Waals surface area contributed by atoms with E-state index in [1.807, 2.05) is 0 Å². The van der Waals surface area contributed by atoms with Crippen LogP contribution >= 0.6 is 0 Å². The molecule has 3 nitrogen and oxygen atoms in total. The fourth-order valence-corrected chi connectivity index (χ4v) is 2.17. The highest BCUT2D eigenvalue weighted by Gasteiger charge is 2.11. The van der Waals surface area contributed by atoms with Gasteiger partial charge in [0.1, 0.15) is 0 Å². The molecule has 1 aromatic rings. The largest absolute Gasteiger partial charge is 0.249 e. The molecule has 0 spiro atoms. The van der Waals surface area contributed by atoms with Crippen LogP contribution in [0, 0.1) is 5.92 Å². The molecule has 0 aromatic carbocycles. The van der Waals surface area contributed by atoms with Crippen LogP contribution in [0.15, 0.2) is 0 Å². The van der Waals surface area contributed by atoms with E-state index in [4.69, 9.17) is 0 Å². The Labute approximate surface area is 106 Å². The summed E-state index contributed by atoms with van der Waals surface area (Å²) in [5, 5.41) is 8.64. The van der Waals surface area contributed by atoms with Gasteiger partial charge in [0.15, 0.2) is 0 Å². The van der Waals surface area contributed by atoms with Crippen molar-refractivity contribution in [3.05, 3.63) is 11.4 Å². The fraction of sp³-hybridized carbons (Fsp3) is 0.857. The van der Waals surface area contributed by atoms with Crippen LogP contribution in [0.2, 0.25) is 0 Å². The van der Waals surface area contributed by atoms with Gasteiger partial charge in [-0.3, -0.25) is 0 Å². The highest BCUT2D eigenvalue weighted by molar-refractivity contribution is 5.10. The lowest BCUT2D eigenvalue weighted by Crippen LogP contribution is -2.06. The van der Waals surface area contributed by atoms with Gasteiger partial charge in [-0.1, -0.05) is 52.2 Å². The molecule has 3 heteroatoms. The first-order valence-electron chi connectivity index (χ1n) is 7.10. The van der Waals surface area contributed by atoms with Crippen LogP contribution in [0.3, 0.4) is 0 Å². The lowest BCUT2D eigenvalue weighted by Gasteiger charge is -2.07. The quantitative estimate of drug-likeness (QED) is 0.647. The molecule has 0 atom stereocenters. The SMILES string of the molecule is CCCCCCn1nnc(CC(C)C)c1CC. The molecule has 0 unspecified atom stereocenters. The Kier molecular flexibility index (Phi) is 6.23. The van der Waals surface area contributed by atoms with Crippen molar-refractivity contribution in [2.45, 2.75) is 72.8 Å². The molecular weight excluding hydrogens is 210 g/mol. The van der Waals surface area contributed by atoms with Crippen LogP contribution in [-0.2, 0) is 19.4 Å². The van der Waals surface area contributed by atoms with Gasteiger partial charge in [0.2, 0.25) is 0 Å². The smallest absolute Gasteiger partial charge is 0.0861 e. The normalized spacial score (nSPS) is 11.4. The lowest BCUT2D eigenvalue weighted by atomic mass is 10.1. The Hall–Kier alpha value is -0.860. The number of unbranched alkanes of at least 4 members (excludes halogenated alkanes) is 3. The molecular formula is C14H27N3. The summed E-state index contributed by atoms with van der Waals surface area (Å²) in [6, 6.07) is 0. The van der Waals surface area contributed by atoms with E-state index in [2.05, 4.69) is 42.7 Å². The predicted octanol–water partition coefficient (Wildman–Crippen LogP) is 3.62. The Morgan fingerprint density at radius 2 is 1.88 bits per heavy atom. The van der Waals surface area contributed by atoms with Crippen molar-refractivity contribution >= 4 is 0 Å². The monoisotopic (exact) mass is 237 g/mol. The summed E-state index contributed by atoms with van der Waals surface area (Å²) >= 11 is 0. The van der Waals surface area contributed by atoms with Gasteiger partial charge in [-0.25, -0.2) is 4.68 Å². The van der Waals surface area contributed by atoms with E-state index in [0.717, 1.165) is 19.4 Å². The van der Waals surface area contributed by atoms with Crippen molar-refractivity contribution < 1.29 is 0 Å². The maximum atomic E-state index is 4.34. The molecule has 0 fully saturated rings. The van der Waals surface area contributed by atoms with E-state index in [1.165, 1.54) is 37.1 Å². The summed E-state index contributed by atoms with van der Waals surface area (Å²) in [5.74, 6) is 0.658. The maximum absolute atomic E-state index is 4.34. The van der Waals surface area contributed by atoms with Crippen LogP contribution in [-0.4, -0.2) is 15.0 Å². The highest BCUT2D eigenvalue weighted by Crippen LogP contribution is 2.13. The average Bonchev–Trinajstić information content (AvgIpc) is 2.66. The molecule has 0 amide bonds. The molecule has 17 heavy (non-hydrogen) atoms. The summed E-state index contributed by atoms with van der Waals surface area (Å²) in [5.41, 5.74) is 2.55. The van der Waals surface area contributed by atoms with Gasteiger partial charge in [-0.15, -0.1) is 5.10 Å². The molecule has 0 aliphatic rings. The predicted molar refractivity (Wildman–Crippen MR) is 72.1 cm³/mol. The molecule has 1 rings (SSSR count). The van der Waals surface area contributed by atoms with Gasteiger partial charge < -0.3 is 0 Å². The van der Waals surface area contributed by atoms with E-state index in [1.54, 1.807) is 0 Å². The van der Waals surface area contributed by atoms with Crippen LogP contribution in [0.1, 0.15) is 64.8 Å². The first-order chi connectivity index (χ1) is 8.19. The second-order valence-corrected chi connectivity index (χ2v) is 5.22. The standard InChI is InChI=1S/C14H27N3/c1-5-7-8-9-10-17-14(6-2)13(15-16-17)11-12(3)4/h12H,5-11H2,1-4H3. The molecule has 0 aliphatic heterocycles. The molecule has 0 N–H and O–H groups in total. The van der Waals surface area contributed by atoms with Crippen LogP contribution < -0.4 is 0 Å². The maximum Gasteiger partial charge on any atom is 0.0861 e. The summed E-state index contributed by atoms with van der Waals surface area (Å²) in [7, 11) is 0. The van der Waals surface area contributed by atoms with Crippen molar-refractivity contribution in [2.75, 3.05) is 0 Å². The van der Waals surface area contributed by atoms with Gasteiger partial charge in [0, 0.05) is 6.54 Å². The lowest BCUT2D eigenvalue weighted by molar-refractivity contribution is 0.513. The van der Waals surface area contributed by atoms with Gasteiger partial charge in [0.05, 0.1) is 11.4 Å². The van der Waals surface area contributed by atoms with Gasteiger partial charge >= 0.3 is 0 Å². The van der Waals surface area contributed by atoms with Crippen LogP contribution in [0.25, 0.3) is 0 Å². The van der Waals surface area contributed by atoms with Crippen LogP contribution in [0.4, 0.5) is 0 Å². The molecule has 0 radical (unpaired) electrons. The van der Waals surface area contributed by atoms with Crippen molar-refractivity contribution in [3.8, 4) is 0 Å². The first kappa shape index (κ1) is 14.2. The third-order valence-corrected chi connectivity index (χ3v) is 3.08. The summed E-state index contributed by atoms with van der Waals surface area (Å²) in [6.45, 7) is 9.95. The summed E-state index contributed by atoms with van der Waals surface area (Å²) in [4.78, 5) is 0. The number of aromatic nitrogens is 3. The van der Waals surface area contributed by atoms with E-state index in [0.29, 0.717) is 5.92 Å². The number of aryl methyl sites for hydroxylation is 1. The van der Waals surface area contributed by atoms with Crippen molar-refractivity contribution in [1.29, 1.82) is 0 Å². The Bertz CT molecular complexity index is 315. The number of nitrogens with zero attached hydrogens (tertiary/aromatic N) is 3. The van der Waals surface area contributed by atoms with E-state index in [9.17, 15) is 0 Å². The van der Waals surface area contributed by atoms with Gasteiger partial charge in [0.25, 0.3) is 0 Å². The zero-order valence-electron chi connectivity index (χ0n) is 11.9. The molecule has 0 bridgehead atoms. The third-order valence-electron chi connectivity index (χ3n) is 3.08. The zero-order valence-corrected chi connectivity index (χ0v) is 11.9. The number of rotatable bonds is 8. The summed E-state index contributed by atoms with van der Waals surface area (Å²) < 4.78 is 2.12. The molecule has 0 saturated carbocycles. The average molecular weight is 237 g/mol. The number of hydrogen-bond acceptors (Lipinski definition) is 2. The fourth-order valence-electron chi connectivity index (χ4n) is 2.17. The highest BCUT2D eigenvalue weighted by atomic mass is 15.4. The molecule has 0 aliphatic carbocycles. The van der Waals surface area contributed by atoms with Gasteiger partial charge in [-0.2, -0.15) is 0 Å². The Balaban J connectivity index is 2.56. The molecule has 1 aromatic heterocycles. The van der Waals surface area contributed by atoms with E-state index >= 15 is 0 Å². The van der Waals surface area contributed by atoms with Gasteiger partial charge in [-0.05, 0) is 25.2 Å². The van der Waals surface area contributed by atoms with E-state index in [-0.39, 0.29) is 0 Å². The topological polar surface area (TPSA) is 30.7 Å². The minimum atomic E-state index is 0.658. The minimum Gasteiger partial charge on any atom is -0.249 e. The second kappa shape index (κ2) is 7.46. The molecule has 0 saturated heterocycles. The van der Waals surface area contributed by atoms with Crippen molar-refractivity contribution in [1.82, 2.24) is 15.0 Å². The minimum absolute atomic E-state index is 0.658.